The van der Waals surface area contributed by atoms with Crippen LogP contribution in [0.1, 0.15) is 59.3 Å². The highest BCUT2D eigenvalue weighted by Gasteiger charge is 2.33. The molecule has 7 nitrogen and oxygen atoms in total. The number of nitrogens with zero attached hydrogens (tertiary/aromatic N) is 6. The zero-order valence-corrected chi connectivity index (χ0v) is 23.4. The van der Waals surface area contributed by atoms with Crippen LogP contribution in [-0.2, 0) is 18.0 Å². The quantitative estimate of drug-likeness (QED) is 0.591. The molecule has 0 bridgehead atoms. The van der Waals surface area contributed by atoms with E-state index in [1.807, 2.05) is 61.7 Å². The fourth-order valence-electron chi connectivity index (χ4n) is 4.92. The van der Waals surface area contributed by atoms with E-state index in [1.165, 1.54) is 38.5 Å². The number of aliphatic imine (C=N–C) groups is 1. The summed E-state index contributed by atoms with van der Waals surface area (Å²) in [5, 5.41) is 4.44. The molecule has 1 aromatic heterocycles. The molecule has 8 heteroatoms. The molecule has 1 aromatic carbocycles. The van der Waals surface area contributed by atoms with Gasteiger partial charge < -0.3 is 4.90 Å². The average Bonchev–Trinajstić information content (AvgIpc) is 3.53. The fraction of sp³-hybridized carbons (Fsp3) is 0.643. The zero-order chi connectivity index (χ0) is 25.5. The molecule has 6 rings (SSSR count). The number of aryl methyl sites for hydroxylation is 1. The molecule has 2 aromatic rings. The van der Waals surface area contributed by atoms with Gasteiger partial charge in [0.1, 0.15) is 0 Å². The molecule has 3 heterocycles. The van der Waals surface area contributed by atoms with Crippen molar-refractivity contribution in [2.24, 2.45) is 18.0 Å². The Balaban J connectivity index is 0.000000383. The first-order chi connectivity index (χ1) is 17.6. The van der Waals surface area contributed by atoms with Crippen molar-refractivity contribution in [2.75, 3.05) is 39.3 Å². The second kappa shape index (κ2) is 12.9. The number of hydrogen-bond donors (Lipinski definition) is 0. The smallest absolute Gasteiger partial charge is 0.209 e. The molecule has 0 radical (unpaired) electrons. The lowest BCUT2D eigenvalue weighted by atomic mass is 9.88. The van der Waals surface area contributed by atoms with Gasteiger partial charge in [0.25, 0.3) is 0 Å². The molecule has 0 amide bonds. The Labute approximate surface area is 220 Å². The van der Waals surface area contributed by atoms with E-state index in [0.29, 0.717) is 6.54 Å². The molecule has 4 aliphatic rings. The van der Waals surface area contributed by atoms with Crippen LogP contribution in [0, 0.1) is 5.92 Å². The summed E-state index contributed by atoms with van der Waals surface area (Å²) in [5.74, 6) is 1.97. The molecule has 0 spiro atoms. The van der Waals surface area contributed by atoms with Gasteiger partial charge in [0, 0.05) is 51.0 Å². The van der Waals surface area contributed by atoms with Gasteiger partial charge in [-0.3, -0.25) is 18.9 Å². The van der Waals surface area contributed by atoms with Crippen molar-refractivity contribution in [1.82, 2.24) is 23.9 Å². The van der Waals surface area contributed by atoms with E-state index >= 15 is 0 Å². The van der Waals surface area contributed by atoms with Crippen LogP contribution in [0.25, 0.3) is 11.3 Å². The van der Waals surface area contributed by atoms with Crippen LogP contribution in [0.5, 0.6) is 0 Å². The van der Waals surface area contributed by atoms with Crippen molar-refractivity contribution in [3.8, 4) is 11.3 Å². The van der Waals surface area contributed by atoms with Gasteiger partial charge in [0.05, 0.1) is 23.7 Å². The van der Waals surface area contributed by atoms with Gasteiger partial charge in [-0.2, -0.15) is 5.10 Å². The van der Waals surface area contributed by atoms with Gasteiger partial charge in [0.15, 0.2) is 11.0 Å². The normalized spacial score (nSPS) is 21.4. The molecule has 36 heavy (non-hydrogen) atoms. The van der Waals surface area contributed by atoms with Crippen LogP contribution >= 0.6 is 0 Å². The average molecular weight is 513 g/mol. The fourth-order valence-corrected chi connectivity index (χ4v) is 6.12. The summed E-state index contributed by atoms with van der Waals surface area (Å²) in [6.45, 7) is 11.9. The molecule has 1 unspecified atom stereocenters. The highest BCUT2D eigenvalue weighted by atomic mass is 32.2. The second-order valence-corrected chi connectivity index (χ2v) is 11.5. The van der Waals surface area contributed by atoms with Gasteiger partial charge >= 0.3 is 0 Å². The molecular weight excluding hydrogens is 468 g/mol. The predicted molar refractivity (Wildman–Crippen MR) is 149 cm³/mol. The van der Waals surface area contributed by atoms with E-state index in [2.05, 4.69) is 21.8 Å². The minimum Gasteiger partial charge on any atom is -0.339 e. The highest BCUT2D eigenvalue weighted by molar-refractivity contribution is 7.83. The topological polar surface area (TPSA) is 57.0 Å². The first kappa shape index (κ1) is 26.9. The summed E-state index contributed by atoms with van der Waals surface area (Å²) in [4.78, 5) is 10.5. The van der Waals surface area contributed by atoms with Gasteiger partial charge in [-0.15, -0.1) is 0 Å². The summed E-state index contributed by atoms with van der Waals surface area (Å²) < 4.78 is 17.0. The lowest BCUT2D eigenvalue weighted by Gasteiger charge is -2.44. The molecule has 2 saturated carbocycles. The Hall–Kier alpha value is -2.19. The summed E-state index contributed by atoms with van der Waals surface area (Å²) >= 11 is 0. The Morgan fingerprint density at radius 1 is 0.889 bits per heavy atom. The minimum absolute atomic E-state index is 0.715. The molecule has 2 aliphatic carbocycles. The van der Waals surface area contributed by atoms with Crippen LogP contribution in [0.2, 0.25) is 0 Å². The Morgan fingerprint density at radius 3 is 2.03 bits per heavy atom. The first-order valence-electron chi connectivity index (χ1n) is 13.9. The second-order valence-electron chi connectivity index (χ2n) is 10.1. The summed E-state index contributed by atoms with van der Waals surface area (Å²) in [6.07, 6.45) is 10.5. The SMILES string of the molecule is CC.CC1CCC1.Cn1ccc(-c2ccc(S(=O)N3CCN=C3N3CCN(C4CCC4)CC3)cc2)n1. The molecule has 198 valence electrons. The maximum absolute atomic E-state index is 13.3. The Kier molecular flexibility index (Phi) is 9.60. The van der Waals surface area contributed by atoms with E-state index in [-0.39, 0.29) is 0 Å². The van der Waals surface area contributed by atoms with Crippen LogP contribution in [-0.4, -0.2) is 79.4 Å². The van der Waals surface area contributed by atoms with Gasteiger partial charge in [-0.25, -0.2) is 4.21 Å². The number of hydrogen-bond acceptors (Lipinski definition) is 5. The lowest BCUT2D eigenvalue weighted by molar-refractivity contribution is 0.0834. The Morgan fingerprint density at radius 2 is 1.53 bits per heavy atom. The monoisotopic (exact) mass is 512 g/mol. The van der Waals surface area contributed by atoms with E-state index in [4.69, 9.17) is 4.99 Å². The summed E-state index contributed by atoms with van der Waals surface area (Å²) in [7, 11) is 0.674. The third-order valence-corrected chi connectivity index (χ3v) is 9.05. The van der Waals surface area contributed by atoms with Gasteiger partial charge in [0.2, 0.25) is 5.96 Å². The highest BCUT2D eigenvalue weighted by Crippen LogP contribution is 2.27. The third kappa shape index (κ3) is 6.38. The molecule has 2 aliphatic heterocycles. The van der Waals surface area contributed by atoms with Gasteiger partial charge in [-0.1, -0.05) is 58.6 Å². The number of benzene rings is 1. The number of aromatic nitrogens is 2. The van der Waals surface area contributed by atoms with Crippen molar-refractivity contribution >= 4 is 16.9 Å². The van der Waals surface area contributed by atoms with Crippen molar-refractivity contribution in [2.45, 2.75) is 70.2 Å². The van der Waals surface area contributed by atoms with Crippen molar-refractivity contribution in [3.05, 3.63) is 36.5 Å². The van der Waals surface area contributed by atoms with Crippen LogP contribution in [0.15, 0.2) is 46.4 Å². The van der Waals surface area contributed by atoms with E-state index in [0.717, 1.165) is 66.8 Å². The molecule has 1 atom stereocenters. The van der Waals surface area contributed by atoms with Crippen molar-refractivity contribution < 1.29 is 4.21 Å². The van der Waals surface area contributed by atoms with E-state index in [1.54, 1.807) is 4.68 Å². The van der Waals surface area contributed by atoms with Crippen LogP contribution in [0.4, 0.5) is 0 Å². The number of guanidine groups is 1. The third-order valence-electron chi connectivity index (χ3n) is 7.63. The standard InChI is InChI=1S/C21H28N6OS.C5H10.C2H6/c1-24-11-9-20(23-24)17-5-7-19(8-6-17)29(28)27-12-10-22-21(27)26-15-13-25(14-16-26)18-3-2-4-18;1-5-3-2-4-5;1-2/h5-9,11,18H,2-4,10,12-16H2,1H3;5H,2-4H2,1H3;1-2H3. The van der Waals surface area contributed by atoms with E-state index in [9.17, 15) is 4.21 Å². The van der Waals surface area contributed by atoms with Crippen molar-refractivity contribution in [1.29, 1.82) is 0 Å². The van der Waals surface area contributed by atoms with Crippen LogP contribution in [0.3, 0.4) is 0 Å². The largest absolute Gasteiger partial charge is 0.339 e. The summed E-state index contributed by atoms with van der Waals surface area (Å²) in [5.41, 5.74) is 1.96. The maximum atomic E-state index is 13.3. The first-order valence-corrected chi connectivity index (χ1v) is 15.0. The molecule has 0 N–H and O–H groups in total. The lowest BCUT2D eigenvalue weighted by Crippen LogP contribution is -2.55. The van der Waals surface area contributed by atoms with Crippen LogP contribution < -0.4 is 0 Å². The molecular formula is C28H44N6OS. The van der Waals surface area contributed by atoms with Crippen molar-refractivity contribution in [3.63, 3.8) is 0 Å². The Bertz CT molecular complexity index is 1000. The van der Waals surface area contributed by atoms with E-state index < -0.39 is 11.0 Å². The minimum atomic E-state index is -1.24. The predicted octanol–water partition coefficient (Wildman–Crippen LogP) is 4.78. The number of rotatable bonds is 4. The maximum Gasteiger partial charge on any atom is 0.209 e. The molecule has 1 saturated heterocycles. The summed E-state index contributed by atoms with van der Waals surface area (Å²) in [6, 6.07) is 10.7. The number of piperazine rings is 1. The van der Waals surface area contributed by atoms with Gasteiger partial charge in [-0.05, 0) is 37.0 Å². The zero-order valence-electron chi connectivity index (χ0n) is 22.6. The molecule has 3 fully saturated rings.